The molecule has 4 N–H and O–H groups in total. The predicted octanol–water partition coefficient (Wildman–Crippen LogP) is 0.0618. The number of hydrogen-bond acceptors (Lipinski definition) is 3. The molecule has 3 heteroatoms. The lowest BCUT2D eigenvalue weighted by Crippen LogP contribution is -2.42. The van der Waals surface area contributed by atoms with Gasteiger partial charge in [0.15, 0.2) is 0 Å². The second-order valence-electron chi connectivity index (χ2n) is 3.23. The molecule has 1 fully saturated rings. The molecule has 0 aromatic heterocycles. The van der Waals surface area contributed by atoms with Crippen LogP contribution in [0.25, 0.3) is 0 Å². The zero-order chi connectivity index (χ0) is 7.56. The summed E-state index contributed by atoms with van der Waals surface area (Å²) in [7, 11) is 1.93. The molecular weight excluding hydrogens is 126 g/mol. The van der Waals surface area contributed by atoms with Gasteiger partial charge in [0.1, 0.15) is 0 Å². The lowest BCUT2D eigenvalue weighted by atomic mass is 9.92. The van der Waals surface area contributed by atoms with E-state index in [1.54, 1.807) is 0 Å². The van der Waals surface area contributed by atoms with E-state index in [2.05, 4.69) is 0 Å². The molecule has 0 amide bonds. The minimum absolute atomic E-state index is 0.427. The number of nitrogens with zero attached hydrogens (tertiary/aromatic N) is 1. The highest BCUT2D eigenvalue weighted by Crippen LogP contribution is 2.18. The van der Waals surface area contributed by atoms with Crippen LogP contribution in [-0.2, 0) is 0 Å². The Morgan fingerprint density at radius 2 is 1.70 bits per heavy atom. The van der Waals surface area contributed by atoms with E-state index in [1.165, 1.54) is 0 Å². The summed E-state index contributed by atoms with van der Waals surface area (Å²) >= 11 is 0. The lowest BCUT2D eigenvalue weighted by Gasteiger charge is -2.30. The second kappa shape index (κ2) is 3.32. The number of rotatable bonds is 1. The zero-order valence-corrected chi connectivity index (χ0v) is 6.59. The van der Waals surface area contributed by atoms with Crippen molar-refractivity contribution in [2.45, 2.75) is 37.8 Å². The Labute approximate surface area is 62.3 Å². The van der Waals surface area contributed by atoms with Crippen LogP contribution in [0.5, 0.6) is 0 Å². The van der Waals surface area contributed by atoms with Crippen molar-refractivity contribution in [2.24, 2.45) is 11.6 Å². The summed E-state index contributed by atoms with van der Waals surface area (Å²) in [6, 6.07) is 0.996. The van der Waals surface area contributed by atoms with E-state index in [0.717, 1.165) is 25.7 Å². The highest BCUT2D eigenvalue weighted by Gasteiger charge is 2.19. The van der Waals surface area contributed by atoms with Crippen molar-refractivity contribution in [3.05, 3.63) is 0 Å². The zero-order valence-electron chi connectivity index (χ0n) is 6.59. The van der Waals surface area contributed by atoms with Gasteiger partial charge >= 0.3 is 0 Å². The maximum atomic E-state index is 5.74. The first-order valence-corrected chi connectivity index (χ1v) is 3.93. The molecule has 60 valence electrons. The van der Waals surface area contributed by atoms with E-state index in [-0.39, 0.29) is 0 Å². The van der Waals surface area contributed by atoms with Crippen LogP contribution in [0.2, 0.25) is 0 Å². The van der Waals surface area contributed by atoms with Crippen molar-refractivity contribution in [2.75, 3.05) is 7.05 Å². The fourth-order valence-electron chi connectivity index (χ4n) is 1.51. The van der Waals surface area contributed by atoms with Crippen molar-refractivity contribution in [1.82, 2.24) is 5.01 Å². The summed E-state index contributed by atoms with van der Waals surface area (Å²) in [6.45, 7) is 0. The summed E-state index contributed by atoms with van der Waals surface area (Å²) in [5, 5.41) is 1.81. The van der Waals surface area contributed by atoms with E-state index in [1.807, 2.05) is 12.1 Å². The van der Waals surface area contributed by atoms with Crippen LogP contribution < -0.4 is 11.6 Å². The highest BCUT2D eigenvalue weighted by atomic mass is 15.4. The highest BCUT2D eigenvalue weighted by molar-refractivity contribution is 4.77. The molecule has 0 aliphatic heterocycles. The van der Waals surface area contributed by atoms with Crippen LogP contribution in [0.15, 0.2) is 0 Å². The van der Waals surface area contributed by atoms with Crippen LogP contribution in [-0.4, -0.2) is 24.1 Å². The van der Waals surface area contributed by atoms with Gasteiger partial charge in [-0.1, -0.05) is 0 Å². The molecule has 0 aromatic rings. The molecule has 0 bridgehead atoms. The fraction of sp³-hybridized carbons (Fsp3) is 1.00. The van der Waals surface area contributed by atoms with Crippen LogP contribution in [0.1, 0.15) is 25.7 Å². The molecule has 0 spiro atoms. The first-order chi connectivity index (χ1) is 4.70. The first-order valence-electron chi connectivity index (χ1n) is 3.93. The molecule has 10 heavy (non-hydrogen) atoms. The summed E-state index contributed by atoms with van der Waals surface area (Å²) in [4.78, 5) is 0. The predicted molar refractivity (Wildman–Crippen MR) is 42.2 cm³/mol. The maximum Gasteiger partial charge on any atom is 0.0239 e. The molecule has 1 aliphatic rings. The van der Waals surface area contributed by atoms with E-state index in [4.69, 9.17) is 11.6 Å². The molecule has 1 aliphatic carbocycles. The molecular formula is C7H17N3. The van der Waals surface area contributed by atoms with Gasteiger partial charge in [-0.2, -0.15) is 0 Å². The van der Waals surface area contributed by atoms with Gasteiger partial charge in [0, 0.05) is 19.1 Å². The van der Waals surface area contributed by atoms with Gasteiger partial charge in [0.25, 0.3) is 0 Å². The second-order valence-corrected chi connectivity index (χ2v) is 3.23. The van der Waals surface area contributed by atoms with Gasteiger partial charge in [0.2, 0.25) is 0 Å². The minimum Gasteiger partial charge on any atom is -0.328 e. The largest absolute Gasteiger partial charge is 0.328 e. The Balaban J connectivity index is 2.26. The van der Waals surface area contributed by atoms with Crippen LogP contribution >= 0.6 is 0 Å². The van der Waals surface area contributed by atoms with Crippen molar-refractivity contribution in [3.63, 3.8) is 0 Å². The average Bonchev–Trinajstić information content (AvgIpc) is 1.88. The smallest absolute Gasteiger partial charge is 0.0239 e. The Morgan fingerprint density at radius 3 is 2.10 bits per heavy atom. The summed E-state index contributed by atoms with van der Waals surface area (Å²) < 4.78 is 0. The van der Waals surface area contributed by atoms with Gasteiger partial charge in [-0.05, 0) is 25.7 Å². The fourth-order valence-corrected chi connectivity index (χ4v) is 1.51. The molecule has 0 heterocycles. The SMILES string of the molecule is CN(N)C1CCC(N)CC1. The lowest BCUT2D eigenvalue weighted by molar-refractivity contribution is 0.186. The topological polar surface area (TPSA) is 55.3 Å². The minimum atomic E-state index is 0.427. The van der Waals surface area contributed by atoms with E-state index in [9.17, 15) is 0 Å². The Bertz CT molecular complexity index is 95.0. The summed E-state index contributed by atoms with van der Waals surface area (Å²) in [5.41, 5.74) is 5.74. The first kappa shape index (κ1) is 7.98. The van der Waals surface area contributed by atoms with Crippen molar-refractivity contribution >= 4 is 0 Å². The van der Waals surface area contributed by atoms with Gasteiger partial charge in [0.05, 0.1) is 0 Å². The van der Waals surface area contributed by atoms with Gasteiger partial charge in [-0.15, -0.1) is 0 Å². The average molecular weight is 143 g/mol. The molecule has 0 saturated heterocycles. The Kier molecular flexibility index (Phi) is 2.65. The van der Waals surface area contributed by atoms with Crippen LogP contribution in [0, 0.1) is 0 Å². The molecule has 0 atom stereocenters. The van der Waals surface area contributed by atoms with Gasteiger partial charge in [-0.25, -0.2) is 5.01 Å². The molecule has 1 rings (SSSR count). The number of hydrazine groups is 1. The standard InChI is InChI=1S/C7H17N3/c1-10(9)7-4-2-6(8)3-5-7/h6-7H,2-5,8-9H2,1H3. The van der Waals surface area contributed by atoms with Crippen molar-refractivity contribution in [1.29, 1.82) is 0 Å². The van der Waals surface area contributed by atoms with Gasteiger partial charge in [-0.3, -0.25) is 5.84 Å². The molecule has 3 nitrogen and oxygen atoms in total. The Morgan fingerprint density at radius 1 is 1.20 bits per heavy atom. The van der Waals surface area contributed by atoms with Crippen LogP contribution in [0.4, 0.5) is 0 Å². The number of hydrogen-bond donors (Lipinski definition) is 2. The summed E-state index contributed by atoms with van der Waals surface area (Å²) in [5.74, 6) is 5.61. The van der Waals surface area contributed by atoms with Crippen molar-refractivity contribution in [3.8, 4) is 0 Å². The summed E-state index contributed by atoms with van der Waals surface area (Å²) in [6.07, 6.45) is 4.58. The van der Waals surface area contributed by atoms with E-state index >= 15 is 0 Å². The Hall–Kier alpha value is -0.120. The molecule has 0 radical (unpaired) electrons. The third kappa shape index (κ3) is 1.94. The number of nitrogens with two attached hydrogens (primary N) is 2. The monoisotopic (exact) mass is 143 g/mol. The normalized spacial score (nSPS) is 34.8. The van der Waals surface area contributed by atoms with Crippen LogP contribution in [0.3, 0.4) is 0 Å². The van der Waals surface area contributed by atoms with E-state index < -0.39 is 0 Å². The molecule has 1 saturated carbocycles. The molecule has 0 aromatic carbocycles. The maximum absolute atomic E-state index is 5.74. The van der Waals surface area contributed by atoms with Gasteiger partial charge < -0.3 is 5.73 Å². The molecule has 0 unspecified atom stereocenters. The third-order valence-corrected chi connectivity index (χ3v) is 2.32. The third-order valence-electron chi connectivity index (χ3n) is 2.32. The van der Waals surface area contributed by atoms with Crippen molar-refractivity contribution < 1.29 is 0 Å². The quantitative estimate of drug-likeness (QED) is 0.403. The van der Waals surface area contributed by atoms with E-state index in [0.29, 0.717) is 12.1 Å².